The summed E-state index contributed by atoms with van der Waals surface area (Å²) in [6.45, 7) is 4.86. The van der Waals surface area contributed by atoms with Gasteiger partial charge in [-0.25, -0.2) is 13.1 Å². The third-order valence-corrected chi connectivity index (χ3v) is 6.93. The van der Waals surface area contributed by atoms with Crippen molar-refractivity contribution in [3.8, 4) is 0 Å². The van der Waals surface area contributed by atoms with Crippen molar-refractivity contribution in [2.24, 2.45) is 0 Å². The smallest absolute Gasteiger partial charge is 0.217 e. The molecule has 23 heavy (non-hydrogen) atoms. The SMILES string of the molecule is C[C@@H]1OCC[C@H]1S(=O)(=O)NC[C@H](c1ccccc1)N1CCCC1. The van der Waals surface area contributed by atoms with Crippen molar-refractivity contribution in [2.45, 2.75) is 43.6 Å². The van der Waals surface area contributed by atoms with E-state index in [-0.39, 0.29) is 12.1 Å². The summed E-state index contributed by atoms with van der Waals surface area (Å²) in [7, 11) is -3.34. The van der Waals surface area contributed by atoms with Gasteiger partial charge in [-0.3, -0.25) is 4.90 Å². The topological polar surface area (TPSA) is 58.6 Å². The van der Waals surface area contributed by atoms with Crippen LogP contribution in [0.25, 0.3) is 0 Å². The first-order chi connectivity index (χ1) is 11.1. The maximum Gasteiger partial charge on any atom is 0.217 e. The number of nitrogens with zero attached hydrogens (tertiary/aromatic N) is 1. The Labute approximate surface area is 139 Å². The fourth-order valence-corrected chi connectivity index (χ4v) is 5.20. The lowest BCUT2D eigenvalue weighted by atomic mass is 10.1. The molecule has 0 bridgehead atoms. The number of sulfonamides is 1. The van der Waals surface area contributed by atoms with Crippen molar-refractivity contribution in [2.75, 3.05) is 26.2 Å². The molecule has 5 nitrogen and oxygen atoms in total. The predicted octanol–water partition coefficient (Wildman–Crippen LogP) is 1.92. The molecule has 0 amide bonds. The molecule has 2 aliphatic rings. The van der Waals surface area contributed by atoms with Gasteiger partial charge in [0, 0.05) is 19.2 Å². The fourth-order valence-electron chi connectivity index (χ4n) is 3.61. The van der Waals surface area contributed by atoms with Crippen molar-refractivity contribution in [1.29, 1.82) is 0 Å². The Morgan fingerprint density at radius 2 is 1.96 bits per heavy atom. The Kier molecular flexibility index (Phi) is 5.36. The predicted molar refractivity (Wildman–Crippen MR) is 90.7 cm³/mol. The highest BCUT2D eigenvalue weighted by Gasteiger charge is 2.36. The lowest BCUT2D eigenvalue weighted by molar-refractivity contribution is 0.126. The van der Waals surface area contributed by atoms with Crippen molar-refractivity contribution >= 4 is 10.0 Å². The lowest BCUT2D eigenvalue weighted by Gasteiger charge is -2.29. The van der Waals surface area contributed by atoms with Gasteiger partial charge in [0.05, 0.1) is 6.10 Å². The Hall–Kier alpha value is -0.950. The molecule has 6 heteroatoms. The average molecular weight is 338 g/mol. The molecule has 1 N–H and O–H groups in total. The van der Waals surface area contributed by atoms with Gasteiger partial charge in [-0.1, -0.05) is 30.3 Å². The standard InChI is InChI=1S/C17H26N2O3S/c1-14-17(9-12-22-14)23(20,21)18-13-16(19-10-5-6-11-19)15-7-3-2-4-8-15/h2-4,7-8,14,16-18H,5-6,9-13H2,1H3/t14-,16+,17+/m0/s1. The zero-order valence-corrected chi connectivity index (χ0v) is 14.5. The second kappa shape index (κ2) is 7.30. The molecular weight excluding hydrogens is 312 g/mol. The van der Waals surface area contributed by atoms with Crippen molar-refractivity contribution < 1.29 is 13.2 Å². The van der Waals surface area contributed by atoms with E-state index < -0.39 is 15.3 Å². The van der Waals surface area contributed by atoms with Crippen LogP contribution in [0.1, 0.15) is 37.8 Å². The van der Waals surface area contributed by atoms with E-state index in [0.29, 0.717) is 19.6 Å². The third kappa shape index (κ3) is 3.94. The molecule has 0 unspecified atom stereocenters. The van der Waals surface area contributed by atoms with Gasteiger partial charge in [0.2, 0.25) is 10.0 Å². The van der Waals surface area contributed by atoms with Crippen LogP contribution in [0.3, 0.4) is 0 Å². The van der Waals surface area contributed by atoms with Gasteiger partial charge in [0.25, 0.3) is 0 Å². The number of nitrogens with one attached hydrogen (secondary N) is 1. The third-order valence-electron chi connectivity index (χ3n) is 4.95. The number of ether oxygens (including phenoxy) is 1. The van der Waals surface area contributed by atoms with Crippen molar-refractivity contribution in [1.82, 2.24) is 9.62 Å². The van der Waals surface area contributed by atoms with Crippen LogP contribution in [0, 0.1) is 0 Å². The molecule has 2 aliphatic heterocycles. The van der Waals surface area contributed by atoms with Crippen LogP contribution in [-0.4, -0.2) is 50.9 Å². The fraction of sp³-hybridized carbons (Fsp3) is 0.647. The quantitative estimate of drug-likeness (QED) is 0.861. The monoisotopic (exact) mass is 338 g/mol. The van der Waals surface area contributed by atoms with E-state index in [0.717, 1.165) is 13.1 Å². The number of likely N-dealkylation sites (tertiary alicyclic amines) is 1. The van der Waals surface area contributed by atoms with Gasteiger partial charge in [-0.05, 0) is 44.8 Å². The molecule has 0 aromatic heterocycles. The van der Waals surface area contributed by atoms with Gasteiger partial charge in [0.1, 0.15) is 5.25 Å². The molecule has 2 fully saturated rings. The molecule has 3 atom stereocenters. The van der Waals surface area contributed by atoms with E-state index in [2.05, 4.69) is 21.8 Å². The van der Waals surface area contributed by atoms with Gasteiger partial charge in [-0.15, -0.1) is 0 Å². The summed E-state index contributed by atoms with van der Waals surface area (Å²) in [5, 5.41) is -0.433. The summed E-state index contributed by atoms with van der Waals surface area (Å²) in [4.78, 5) is 2.38. The summed E-state index contributed by atoms with van der Waals surface area (Å²) in [5.74, 6) is 0. The number of benzene rings is 1. The van der Waals surface area contributed by atoms with Crippen LogP contribution < -0.4 is 4.72 Å². The van der Waals surface area contributed by atoms with Crippen molar-refractivity contribution in [3.63, 3.8) is 0 Å². The highest BCUT2D eigenvalue weighted by atomic mass is 32.2. The van der Waals surface area contributed by atoms with E-state index in [4.69, 9.17) is 4.74 Å². The largest absolute Gasteiger partial charge is 0.377 e. The lowest BCUT2D eigenvalue weighted by Crippen LogP contribution is -2.42. The van der Waals surface area contributed by atoms with Gasteiger partial charge in [0.15, 0.2) is 0 Å². The minimum atomic E-state index is -3.34. The van der Waals surface area contributed by atoms with Crippen LogP contribution >= 0.6 is 0 Å². The Balaban J connectivity index is 1.71. The Bertz CT molecular complexity index is 600. The summed E-state index contributed by atoms with van der Waals surface area (Å²) >= 11 is 0. The number of hydrogen-bond acceptors (Lipinski definition) is 4. The molecule has 0 spiro atoms. The zero-order chi connectivity index (χ0) is 16.3. The molecule has 0 radical (unpaired) electrons. The molecule has 3 rings (SSSR count). The normalized spacial score (nSPS) is 27.3. The van der Waals surface area contributed by atoms with E-state index in [9.17, 15) is 8.42 Å². The summed E-state index contributed by atoms with van der Waals surface area (Å²) in [5.41, 5.74) is 1.17. The summed E-state index contributed by atoms with van der Waals surface area (Å²) in [6.07, 6.45) is 2.72. The van der Waals surface area contributed by atoms with Gasteiger partial charge < -0.3 is 4.74 Å². The highest BCUT2D eigenvalue weighted by Crippen LogP contribution is 2.26. The summed E-state index contributed by atoms with van der Waals surface area (Å²) < 4.78 is 33.4. The Morgan fingerprint density at radius 1 is 1.26 bits per heavy atom. The molecular formula is C17H26N2O3S. The first-order valence-corrected chi connectivity index (χ1v) is 10.0. The van der Waals surface area contributed by atoms with Gasteiger partial charge in [-0.2, -0.15) is 0 Å². The Morgan fingerprint density at radius 3 is 2.57 bits per heavy atom. The van der Waals surface area contributed by atoms with Crippen LogP contribution in [0.15, 0.2) is 30.3 Å². The molecule has 0 aliphatic carbocycles. The first kappa shape index (κ1) is 16.9. The van der Waals surface area contributed by atoms with Crippen LogP contribution in [0.5, 0.6) is 0 Å². The second-order valence-electron chi connectivity index (χ2n) is 6.47. The minimum Gasteiger partial charge on any atom is -0.377 e. The molecule has 2 heterocycles. The molecule has 0 saturated carbocycles. The van der Waals surface area contributed by atoms with Gasteiger partial charge >= 0.3 is 0 Å². The van der Waals surface area contributed by atoms with E-state index >= 15 is 0 Å². The van der Waals surface area contributed by atoms with Crippen molar-refractivity contribution in [3.05, 3.63) is 35.9 Å². The molecule has 1 aromatic carbocycles. The van der Waals surface area contributed by atoms with Crippen LogP contribution in [-0.2, 0) is 14.8 Å². The second-order valence-corrected chi connectivity index (χ2v) is 8.45. The van der Waals surface area contributed by atoms with E-state index in [1.807, 2.05) is 25.1 Å². The van der Waals surface area contributed by atoms with E-state index in [1.54, 1.807) is 0 Å². The molecule has 1 aromatic rings. The van der Waals surface area contributed by atoms with E-state index in [1.165, 1.54) is 18.4 Å². The van der Waals surface area contributed by atoms with Crippen LogP contribution in [0.4, 0.5) is 0 Å². The number of rotatable bonds is 6. The first-order valence-electron chi connectivity index (χ1n) is 8.47. The molecule has 2 saturated heterocycles. The zero-order valence-electron chi connectivity index (χ0n) is 13.6. The average Bonchev–Trinajstić information content (AvgIpc) is 3.20. The van der Waals surface area contributed by atoms with Crippen LogP contribution in [0.2, 0.25) is 0 Å². The minimum absolute atomic E-state index is 0.103. The summed E-state index contributed by atoms with van der Waals surface area (Å²) in [6, 6.07) is 10.3. The number of hydrogen-bond donors (Lipinski definition) is 1. The maximum absolute atomic E-state index is 12.6. The molecule has 128 valence electrons. The highest BCUT2D eigenvalue weighted by molar-refractivity contribution is 7.90. The maximum atomic E-state index is 12.6.